The minimum absolute atomic E-state index is 0.211. The van der Waals surface area contributed by atoms with Crippen molar-refractivity contribution in [3.63, 3.8) is 0 Å². The van der Waals surface area contributed by atoms with E-state index in [4.69, 9.17) is 23.4 Å². The summed E-state index contributed by atoms with van der Waals surface area (Å²) < 4.78 is 27.4. The van der Waals surface area contributed by atoms with Crippen LogP contribution in [0.4, 0.5) is 5.69 Å². The summed E-state index contributed by atoms with van der Waals surface area (Å²) >= 11 is 0. The van der Waals surface area contributed by atoms with Gasteiger partial charge in [-0.15, -0.1) is 0 Å². The maximum atomic E-state index is 13.4. The van der Waals surface area contributed by atoms with E-state index >= 15 is 0 Å². The average molecular weight is 543 g/mol. The molecule has 0 spiro atoms. The number of anilines is 1. The molecule has 40 heavy (non-hydrogen) atoms. The van der Waals surface area contributed by atoms with Crippen LogP contribution in [-0.4, -0.2) is 51.7 Å². The summed E-state index contributed by atoms with van der Waals surface area (Å²) in [7, 11) is 6.25. The van der Waals surface area contributed by atoms with Crippen molar-refractivity contribution < 1.29 is 33.0 Å². The number of methoxy groups -OCH3 is 4. The average Bonchev–Trinajstić information content (AvgIpc) is 3.49. The van der Waals surface area contributed by atoms with Gasteiger partial charge < -0.3 is 33.6 Å². The largest absolute Gasteiger partial charge is 0.497 e. The molecule has 1 aliphatic heterocycles. The number of para-hydroxylation sites is 1. The summed E-state index contributed by atoms with van der Waals surface area (Å²) in [4.78, 5) is 28.2. The van der Waals surface area contributed by atoms with Crippen molar-refractivity contribution in [3.8, 4) is 34.3 Å². The van der Waals surface area contributed by atoms with Gasteiger partial charge in [-0.05, 0) is 66.1 Å². The minimum atomic E-state index is -0.341. The van der Waals surface area contributed by atoms with Crippen LogP contribution in [0.3, 0.4) is 0 Å². The van der Waals surface area contributed by atoms with Crippen molar-refractivity contribution in [2.24, 2.45) is 0 Å². The molecule has 4 aromatic rings. The van der Waals surface area contributed by atoms with Crippen LogP contribution in [0.1, 0.15) is 32.0 Å². The number of hydrogen-bond donors (Lipinski definition) is 1. The van der Waals surface area contributed by atoms with E-state index in [2.05, 4.69) is 5.32 Å². The van der Waals surface area contributed by atoms with Gasteiger partial charge in [-0.1, -0.05) is 12.1 Å². The maximum Gasteiger partial charge on any atom is 0.289 e. The number of rotatable bonds is 8. The molecule has 9 heteroatoms. The first-order valence-electron chi connectivity index (χ1n) is 12.7. The van der Waals surface area contributed by atoms with Crippen LogP contribution in [0.5, 0.6) is 23.0 Å². The van der Waals surface area contributed by atoms with Crippen LogP contribution in [0.25, 0.3) is 11.3 Å². The Hall–Kier alpha value is -4.92. The predicted molar refractivity (Wildman–Crippen MR) is 150 cm³/mol. The first-order valence-corrected chi connectivity index (χ1v) is 12.7. The van der Waals surface area contributed by atoms with Crippen molar-refractivity contribution in [3.05, 3.63) is 89.2 Å². The highest BCUT2D eigenvalue weighted by Crippen LogP contribution is 2.35. The lowest BCUT2D eigenvalue weighted by atomic mass is 9.98. The Bertz CT molecular complexity index is 1540. The Kier molecular flexibility index (Phi) is 7.63. The molecule has 2 heterocycles. The SMILES string of the molecule is COc1cc(OC)cc(C(=O)Nc2ccccc2-c2ccc(C(=O)N3CCc4cc(OC)c(OC)cc4C3)o2)c1. The second kappa shape index (κ2) is 11.4. The molecule has 0 radical (unpaired) electrons. The van der Waals surface area contributed by atoms with E-state index in [1.807, 2.05) is 30.3 Å². The molecular formula is C31H30N2O7. The van der Waals surface area contributed by atoms with Gasteiger partial charge in [0.15, 0.2) is 17.3 Å². The predicted octanol–water partition coefficient (Wildman–Crippen LogP) is 5.43. The standard InChI is InChI=1S/C31H30N2O7/c1-36-22-13-20(14-23(17-22)37-2)30(34)32-25-8-6-5-7-24(25)26-9-10-27(40-26)31(35)33-12-11-19-15-28(38-3)29(39-4)16-21(19)18-33/h5-10,13-17H,11-12,18H2,1-4H3,(H,32,34). The highest BCUT2D eigenvalue weighted by molar-refractivity contribution is 6.06. The molecule has 5 rings (SSSR count). The van der Waals surface area contributed by atoms with Crippen molar-refractivity contribution >= 4 is 17.5 Å². The van der Waals surface area contributed by atoms with Crippen LogP contribution >= 0.6 is 0 Å². The number of furan rings is 1. The van der Waals surface area contributed by atoms with Crippen molar-refractivity contribution in [1.29, 1.82) is 0 Å². The van der Waals surface area contributed by atoms with Crippen LogP contribution in [0.15, 0.2) is 71.1 Å². The summed E-state index contributed by atoms with van der Waals surface area (Å²) in [5.74, 6) is 2.44. The fourth-order valence-electron chi connectivity index (χ4n) is 4.75. The van der Waals surface area contributed by atoms with Crippen molar-refractivity contribution in [2.75, 3.05) is 40.3 Å². The second-order valence-corrected chi connectivity index (χ2v) is 9.22. The third-order valence-electron chi connectivity index (χ3n) is 6.88. The molecule has 2 amide bonds. The molecule has 1 N–H and O–H groups in total. The third-order valence-corrected chi connectivity index (χ3v) is 6.88. The Morgan fingerprint density at radius 2 is 1.48 bits per heavy atom. The molecule has 0 bridgehead atoms. The molecule has 206 valence electrons. The number of nitrogens with zero attached hydrogens (tertiary/aromatic N) is 1. The van der Waals surface area contributed by atoms with Gasteiger partial charge in [0.2, 0.25) is 0 Å². The van der Waals surface area contributed by atoms with E-state index in [-0.39, 0.29) is 17.6 Å². The Labute approximate surface area is 232 Å². The molecule has 0 saturated carbocycles. The Morgan fingerprint density at radius 1 is 0.800 bits per heavy atom. The Balaban J connectivity index is 1.35. The monoisotopic (exact) mass is 542 g/mol. The lowest BCUT2D eigenvalue weighted by Gasteiger charge is -2.29. The quantitative estimate of drug-likeness (QED) is 0.317. The number of amides is 2. The van der Waals surface area contributed by atoms with E-state index in [0.717, 1.165) is 11.1 Å². The molecule has 0 saturated heterocycles. The molecule has 0 aliphatic carbocycles. The van der Waals surface area contributed by atoms with E-state index in [9.17, 15) is 9.59 Å². The molecule has 3 aromatic carbocycles. The zero-order chi connectivity index (χ0) is 28.2. The molecular weight excluding hydrogens is 512 g/mol. The lowest BCUT2D eigenvalue weighted by Crippen LogP contribution is -2.35. The smallest absolute Gasteiger partial charge is 0.289 e. The zero-order valence-electron chi connectivity index (χ0n) is 22.8. The van der Waals surface area contributed by atoms with Gasteiger partial charge >= 0.3 is 0 Å². The summed E-state index contributed by atoms with van der Waals surface area (Å²) in [5.41, 5.74) is 3.69. The van der Waals surface area contributed by atoms with Gasteiger partial charge in [0, 0.05) is 30.3 Å². The molecule has 1 aliphatic rings. The summed E-state index contributed by atoms with van der Waals surface area (Å²) in [6.07, 6.45) is 0.693. The van der Waals surface area contributed by atoms with Gasteiger partial charge in [-0.2, -0.15) is 0 Å². The number of ether oxygens (including phenoxy) is 4. The highest BCUT2D eigenvalue weighted by Gasteiger charge is 2.26. The van der Waals surface area contributed by atoms with E-state index in [1.54, 1.807) is 55.5 Å². The van der Waals surface area contributed by atoms with Crippen LogP contribution in [-0.2, 0) is 13.0 Å². The lowest BCUT2D eigenvalue weighted by molar-refractivity contribution is 0.0703. The fraction of sp³-hybridized carbons (Fsp3) is 0.226. The van der Waals surface area contributed by atoms with Crippen LogP contribution in [0, 0.1) is 0 Å². The zero-order valence-corrected chi connectivity index (χ0v) is 22.8. The van der Waals surface area contributed by atoms with Gasteiger partial charge in [0.05, 0.1) is 34.1 Å². The number of nitrogens with one attached hydrogen (secondary N) is 1. The molecule has 9 nitrogen and oxygen atoms in total. The van der Waals surface area contributed by atoms with Gasteiger partial charge in [-0.3, -0.25) is 9.59 Å². The van der Waals surface area contributed by atoms with Gasteiger partial charge in [0.1, 0.15) is 17.3 Å². The van der Waals surface area contributed by atoms with E-state index in [0.29, 0.717) is 65.1 Å². The topological polar surface area (TPSA) is 99.5 Å². The van der Waals surface area contributed by atoms with Crippen molar-refractivity contribution in [1.82, 2.24) is 4.90 Å². The molecule has 0 atom stereocenters. The summed E-state index contributed by atoms with van der Waals surface area (Å²) in [5, 5.41) is 2.93. The third kappa shape index (κ3) is 5.31. The van der Waals surface area contributed by atoms with E-state index < -0.39 is 0 Å². The van der Waals surface area contributed by atoms with Gasteiger partial charge in [0.25, 0.3) is 11.8 Å². The fourth-order valence-corrected chi connectivity index (χ4v) is 4.75. The van der Waals surface area contributed by atoms with E-state index in [1.165, 1.54) is 14.2 Å². The first kappa shape index (κ1) is 26.7. The van der Waals surface area contributed by atoms with Crippen LogP contribution < -0.4 is 24.3 Å². The van der Waals surface area contributed by atoms with Crippen molar-refractivity contribution in [2.45, 2.75) is 13.0 Å². The number of hydrogen-bond acceptors (Lipinski definition) is 7. The first-order chi connectivity index (χ1) is 19.4. The highest BCUT2D eigenvalue weighted by atomic mass is 16.5. The molecule has 0 fully saturated rings. The Morgan fingerprint density at radius 3 is 2.15 bits per heavy atom. The maximum absolute atomic E-state index is 13.4. The minimum Gasteiger partial charge on any atom is -0.497 e. The summed E-state index contributed by atoms with van der Waals surface area (Å²) in [6, 6.07) is 19.5. The number of carbonyl (C=O) groups is 2. The molecule has 1 aromatic heterocycles. The second-order valence-electron chi connectivity index (χ2n) is 9.22. The summed E-state index contributed by atoms with van der Waals surface area (Å²) in [6.45, 7) is 0.981. The number of benzene rings is 3. The molecule has 0 unspecified atom stereocenters. The van der Waals surface area contributed by atoms with Gasteiger partial charge in [-0.25, -0.2) is 0 Å². The number of carbonyl (C=O) groups excluding carboxylic acids is 2. The van der Waals surface area contributed by atoms with Crippen LogP contribution in [0.2, 0.25) is 0 Å². The number of fused-ring (bicyclic) bond motifs is 1. The normalized spacial score (nSPS) is 12.3.